The summed E-state index contributed by atoms with van der Waals surface area (Å²) in [4.78, 5) is 0.294. The largest absolute Gasteiger partial charge is 0.240 e. The van der Waals surface area contributed by atoms with Gasteiger partial charge in [0.05, 0.1) is 10.8 Å². The molecule has 0 bridgehead atoms. The second kappa shape index (κ2) is 7.69. The highest BCUT2D eigenvalue weighted by molar-refractivity contribution is 7.89. The molecule has 0 heterocycles. The van der Waals surface area contributed by atoms with E-state index in [1.54, 1.807) is 12.1 Å². The molecule has 3 nitrogen and oxygen atoms in total. The van der Waals surface area contributed by atoms with Gasteiger partial charge in [-0.1, -0.05) is 59.9 Å². The fourth-order valence-corrected chi connectivity index (χ4v) is 4.08. The SMILES string of the molecule is Cc1ccc(S(=O)(=O)N[C@@H]2CCC=C[C@H]2C#Cc2ccccc2)cc1. The van der Waals surface area contributed by atoms with Crippen LogP contribution >= 0.6 is 0 Å². The summed E-state index contributed by atoms with van der Waals surface area (Å²) < 4.78 is 28.1. The monoisotopic (exact) mass is 351 g/mol. The van der Waals surface area contributed by atoms with E-state index in [0.717, 1.165) is 24.0 Å². The molecule has 0 radical (unpaired) electrons. The van der Waals surface area contributed by atoms with Gasteiger partial charge in [-0.3, -0.25) is 0 Å². The van der Waals surface area contributed by atoms with Crippen LogP contribution in [0.4, 0.5) is 0 Å². The zero-order valence-corrected chi connectivity index (χ0v) is 15.0. The Morgan fingerprint density at radius 1 is 1.04 bits per heavy atom. The lowest BCUT2D eigenvalue weighted by Gasteiger charge is -2.25. The van der Waals surface area contributed by atoms with Crippen molar-refractivity contribution in [2.45, 2.75) is 30.7 Å². The van der Waals surface area contributed by atoms with Crippen LogP contribution in [-0.4, -0.2) is 14.5 Å². The Kier molecular flexibility index (Phi) is 5.37. The zero-order chi connectivity index (χ0) is 17.7. The molecule has 0 fully saturated rings. The van der Waals surface area contributed by atoms with E-state index in [1.807, 2.05) is 55.5 Å². The fraction of sp³-hybridized carbons (Fsp3) is 0.238. The summed E-state index contributed by atoms with van der Waals surface area (Å²) in [6.07, 6.45) is 5.67. The van der Waals surface area contributed by atoms with Crippen LogP contribution in [0.1, 0.15) is 24.0 Å². The number of rotatable bonds is 3. The molecule has 0 saturated carbocycles. The first-order valence-electron chi connectivity index (χ1n) is 8.37. The molecule has 1 aliphatic carbocycles. The van der Waals surface area contributed by atoms with Crippen molar-refractivity contribution >= 4 is 10.0 Å². The molecule has 1 N–H and O–H groups in total. The summed E-state index contributed by atoms with van der Waals surface area (Å²) in [6, 6.07) is 16.4. The van der Waals surface area contributed by atoms with Crippen LogP contribution in [0.2, 0.25) is 0 Å². The molecule has 128 valence electrons. The Labute approximate surface area is 149 Å². The van der Waals surface area contributed by atoms with Crippen LogP contribution < -0.4 is 4.72 Å². The van der Waals surface area contributed by atoms with Crippen molar-refractivity contribution in [2.24, 2.45) is 5.92 Å². The minimum absolute atomic E-state index is 0.130. The number of allylic oxidation sites excluding steroid dienone is 1. The number of benzene rings is 2. The van der Waals surface area contributed by atoms with E-state index in [-0.39, 0.29) is 12.0 Å². The molecular formula is C21H21NO2S. The van der Waals surface area contributed by atoms with Gasteiger partial charge >= 0.3 is 0 Å². The Hall–Kier alpha value is -2.35. The highest BCUT2D eigenvalue weighted by Crippen LogP contribution is 2.20. The number of sulfonamides is 1. The molecule has 0 unspecified atom stereocenters. The predicted octanol–water partition coefficient (Wildman–Crippen LogP) is 3.66. The van der Waals surface area contributed by atoms with Crippen molar-refractivity contribution < 1.29 is 8.42 Å². The van der Waals surface area contributed by atoms with Crippen molar-refractivity contribution in [3.8, 4) is 11.8 Å². The third-order valence-corrected chi connectivity index (χ3v) is 5.72. The molecule has 0 saturated heterocycles. The van der Waals surface area contributed by atoms with Crippen LogP contribution in [-0.2, 0) is 10.0 Å². The molecule has 0 spiro atoms. The van der Waals surface area contributed by atoms with E-state index in [2.05, 4.69) is 22.6 Å². The molecule has 4 heteroatoms. The van der Waals surface area contributed by atoms with E-state index < -0.39 is 10.0 Å². The smallest absolute Gasteiger partial charge is 0.207 e. The van der Waals surface area contributed by atoms with Gasteiger partial charge in [0, 0.05) is 11.6 Å². The summed E-state index contributed by atoms with van der Waals surface area (Å²) >= 11 is 0. The molecule has 2 aromatic rings. The van der Waals surface area contributed by atoms with E-state index in [4.69, 9.17) is 0 Å². The molecule has 25 heavy (non-hydrogen) atoms. The summed E-state index contributed by atoms with van der Waals surface area (Å²) in [5.74, 6) is 6.22. The first kappa shape index (κ1) is 17.5. The van der Waals surface area contributed by atoms with Crippen molar-refractivity contribution in [1.82, 2.24) is 4.72 Å². The Balaban J connectivity index is 1.79. The lowest BCUT2D eigenvalue weighted by atomic mass is 9.91. The number of hydrogen-bond donors (Lipinski definition) is 1. The summed E-state index contributed by atoms with van der Waals surface area (Å²) in [5, 5.41) is 0. The maximum Gasteiger partial charge on any atom is 0.240 e. The quantitative estimate of drug-likeness (QED) is 0.678. The molecule has 0 aromatic heterocycles. The van der Waals surface area contributed by atoms with Crippen LogP contribution in [0.3, 0.4) is 0 Å². The molecular weight excluding hydrogens is 330 g/mol. The Morgan fingerprint density at radius 3 is 2.48 bits per heavy atom. The Bertz CT molecular complexity index is 904. The van der Waals surface area contributed by atoms with Gasteiger partial charge in [-0.2, -0.15) is 0 Å². The Morgan fingerprint density at radius 2 is 1.76 bits per heavy atom. The van der Waals surface area contributed by atoms with Crippen LogP contribution in [0, 0.1) is 24.7 Å². The van der Waals surface area contributed by atoms with Crippen molar-refractivity contribution in [2.75, 3.05) is 0 Å². The minimum atomic E-state index is -3.54. The van der Waals surface area contributed by atoms with E-state index in [9.17, 15) is 8.42 Å². The molecule has 2 aromatic carbocycles. The fourth-order valence-electron chi connectivity index (χ4n) is 2.79. The predicted molar refractivity (Wildman–Crippen MR) is 100 cm³/mol. The van der Waals surface area contributed by atoms with Gasteiger partial charge in [0.25, 0.3) is 0 Å². The maximum absolute atomic E-state index is 12.6. The third-order valence-electron chi connectivity index (χ3n) is 4.22. The van der Waals surface area contributed by atoms with Crippen LogP contribution in [0.15, 0.2) is 71.6 Å². The first-order chi connectivity index (χ1) is 12.0. The normalized spacial score (nSPS) is 19.9. The molecule has 2 atom stereocenters. The van der Waals surface area contributed by atoms with Gasteiger partial charge < -0.3 is 0 Å². The van der Waals surface area contributed by atoms with Crippen molar-refractivity contribution in [3.05, 3.63) is 77.9 Å². The second-order valence-corrected chi connectivity index (χ2v) is 7.92. The van der Waals surface area contributed by atoms with E-state index in [1.165, 1.54) is 0 Å². The summed E-state index contributed by atoms with van der Waals surface area (Å²) in [5.41, 5.74) is 1.97. The molecule has 1 aliphatic rings. The van der Waals surface area contributed by atoms with Crippen molar-refractivity contribution in [1.29, 1.82) is 0 Å². The van der Waals surface area contributed by atoms with Gasteiger partial charge in [0.1, 0.15) is 0 Å². The third kappa shape index (κ3) is 4.60. The first-order valence-corrected chi connectivity index (χ1v) is 9.85. The summed E-state index contributed by atoms with van der Waals surface area (Å²) in [7, 11) is -3.54. The minimum Gasteiger partial charge on any atom is -0.207 e. The zero-order valence-electron chi connectivity index (χ0n) is 14.1. The number of hydrogen-bond acceptors (Lipinski definition) is 2. The average molecular weight is 351 g/mol. The van der Waals surface area contributed by atoms with Crippen LogP contribution in [0.5, 0.6) is 0 Å². The lowest BCUT2D eigenvalue weighted by molar-refractivity contribution is 0.477. The second-order valence-electron chi connectivity index (χ2n) is 6.21. The standard InChI is InChI=1S/C21H21NO2S/c1-17-11-15-20(16-12-17)25(23,24)22-21-10-6-5-9-19(21)14-13-18-7-3-2-4-8-18/h2-5,7-9,11-12,15-16,19,21-22H,6,10H2,1H3/t19-,21+/m0/s1. The van der Waals surface area contributed by atoms with Gasteiger partial charge in [-0.05, 0) is 44.0 Å². The highest BCUT2D eigenvalue weighted by atomic mass is 32.2. The molecule has 0 amide bonds. The number of nitrogens with one attached hydrogen (secondary N) is 1. The number of aryl methyl sites for hydroxylation is 1. The van der Waals surface area contributed by atoms with Gasteiger partial charge in [0.15, 0.2) is 0 Å². The van der Waals surface area contributed by atoms with Crippen LogP contribution in [0.25, 0.3) is 0 Å². The van der Waals surface area contributed by atoms with E-state index in [0.29, 0.717) is 4.90 Å². The lowest BCUT2D eigenvalue weighted by Crippen LogP contribution is -2.40. The average Bonchev–Trinajstić information content (AvgIpc) is 2.62. The van der Waals surface area contributed by atoms with Gasteiger partial charge in [-0.15, -0.1) is 0 Å². The summed E-state index contributed by atoms with van der Waals surface area (Å²) in [6.45, 7) is 1.94. The topological polar surface area (TPSA) is 46.2 Å². The van der Waals surface area contributed by atoms with E-state index >= 15 is 0 Å². The molecule has 3 rings (SSSR count). The van der Waals surface area contributed by atoms with Crippen molar-refractivity contribution in [3.63, 3.8) is 0 Å². The molecule has 0 aliphatic heterocycles. The highest BCUT2D eigenvalue weighted by Gasteiger charge is 2.26. The maximum atomic E-state index is 12.6. The van der Waals surface area contributed by atoms with Gasteiger partial charge in [-0.25, -0.2) is 13.1 Å². The van der Waals surface area contributed by atoms with Gasteiger partial charge in [0.2, 0.25) is 10.0 Å².